The summed E-state index contributed by atoms with van der Waals surface area (Å²) in [6.45, 7) is 1.43. The molecule has 1 rings (SSSR count). The van der Waals surface area contributed by atoms with Crippen molar-refractivity contribution >= 4 is 5.97 Å². The molecule has 8 heteroatoms. The van der Waals surface area contributed by atoms with Crippen LogP contribution in [-0.2, 0) is 27.6 Å². The second kappa shape index (κ2) is 7.90. The number of nitrogens with two attached hydrogens (primary N) is 1. The number of hydrogen-bond donors (Lipinski definition) is 4. The van der Waals surface area contributed by atoms with Crippen molar-refractivity contribution in [3.63, 3.8) is 0 Å². The van der Waals surface area contributed by atoms with Crippen LogP contribution in [0, 0.1) is 0 Å². The van der Waals surface area contributed by atoms with Crippen LogP contribution >= 0.6 is 0 Å². The van der Waals surface area contributed by atoms with Gasteiger partial charge < -0.3 is 15.6 Å². The molecule has 0 fully saturated rings. The Morgan fingerprint density at radius 3 is 2.20 bits per heavy atom. The van der Waals surface area contributed by atoms with Crippen LogP contribution in [0.3, 0.4) is 0 Å². The van der Waals surface area contributed by atoms with Gasteiger partial charge >= 0.3 is 5.97 Å². The van der Waals surface area contributed by atoms with E-state index in [1.165, 1.54) is 6.92 Å². The molecule has 1 aromatic rings. The normalized spacial score (nSPS) is 14.1. The molecule has 2 unspecified atom stereocenters. The summed E-state index contributed by atoms with van der Waals surface area (Å²) in [5, 5.41) is 25.6. The van der Waals surface area contributed by atoms with Crippen molar-refractivity contribution in [3.8, 4) is 0 Å². The fourth-order valence-corrected chi connectivity index (χ4v) is 1.31. The molecule has 0 amide bonds. The van der Waals surface area contributed by atoms with Crippen molar-refractivity contribution in [2.24, 2.45) is 5.73 Å². The molecule has 112 valence electrons. The van der Waals surface area contributed by atoms with E-state index < -0.39 is 18.1 Å². The fraction of sp³-hybridized carbons (Fsp3) is 0.417. The van der Waals surface area contributed by atoms with E-state index in [1.807, 2.05) is 0 Å². The van der Waals surface area contributed by atoms with Crippen LogP contribution in [0.25, 0.3) is 0 Å². The third-order valence-corrected chi connectivity index (χ3v) is 2.54. The smallest absolute Gasteiger partial charge is 0.325 e. The molecule has 0 spiro atoms. The Labute approximate surface area is 115 Å². The molecule has 20 heavy (non-hydrogen) atoms. The summed E-state index contributed by atoms with van der Waals surface area (Å²) in [5.74, 6) is -0.677. The van der Waals surface area contributed by atoms with Crippen molar-refractivity contribution in [3.05, 3.63) is 35.4 Å². The maximum atomic E-state index is 11.4. The summed E-state index contributed by atoms with van der Waals surface area (Å²) in [7, 11) is 0. The zero-order valence-corrected chi connectivity index (χ0v) is 11.0. The van der Waals surface area contributed by atoms with Gasteiger partial charge in [0.25, 0.3) is 0 Å². The van der Waals surface area contributed by atoms with Crippen LogP contribution < -0.4 is 5.73 Å². The second-order valence-electron chi connectivity index (χ2n) is 4.22. The zero-order valence-electron chi connectivity index (χ0n) is 11.0. The number of hydrogen-bond acceptors (Lipinski definition) is 8. The summed E-state index contributed by atoms with van der Waals surface area (Å²) >= 11 is 0. The van der Waals surface area contributed by atoms with Crippen LogP contribution in [0.5, 0.6) is 0 Å². The molecule has 5 N–H and O–H groups in total. The Bertz CT molecular complexity index is 420. The lowest BCUT2D eigenvalue weighted by molar-refractivity contribution is -0.497. The molecule has 0 radical (unpaired) electrons. The first kappa shape index (κ1) is 16.5. The Kier molecular flexibility index (Phi) is 6.52. The van der Waals surface area contributed by atoms with Gasteiger partial charge in [0.15, 0.2) is 0 Å². The summed E-state index contributed by atoms with van der Waals surface area (Å²) in [6, 6.07) is 5.68. The molecular weight excluding hydrogens is 268 g/mol. The van der Waals surface area contributed by atoms with E-state index >= 15 is 0 Å². The minimum absolute atomic E-state index is 0.0139. The monoisotopic (exact) mass is 286 g/mol. The molecule has 0 heterocycles. The Hall–Kier alpha value is -1.55. The number of carbonyl (C=O) groups is 1. The highest BCUT2D eigenvalue weighted by Crippen LogP contribution is 2.08. The molecule has 0 aliphatic rings. The second-order valence-corrected chi connectivity index (χ2v) is 4.22. The van der Waals surface area contributed by atoms with Gasteiger partial charge in [-0.25, -0.2) is 4.84 Å². The third-order valence-electron chi connectivity index (χ3n) is 2.54. The van der Waals surface area contributed by atoms with Crippen LogP contribution in [0.15, 0.2) is 24.3 Å². The standard InChI is InChI=1S/C12H18N2O6/c1-8(15)11(13)12(16)19-6-9-2-4-10(5-3-9)7-20-14(17)18/h2-5,8,11,15,17-18H,6-7,13H2,1H3. The van der Waals surface area contributed by atoms with Crippen LogP contribution in [0.1, 0.15) is 18.1 Å². The van der Waals surface area contributed by atoms with E-state index in [4.69, 9.17) is 26.0 Å². The van der Waals surface area contributed by atoms with Crippen LogP contribution in [-0.4, -0.2) is 39.0 Å². The molecule has 0 aliphatic heterocycles. The first-order valence-corrected chi connectivity index (χ1v) is 5.89. The minimum atomic E-state index is -1.07. The van der Waals surface area contributed by atoms with Gasteiger partial charge in [0.05, 0.1) is 18.1 Å². The van der Waals surface area contributed by atoms with E-state index in [0.717, 1.165) is 5.56 Å². The Morgan fingerprint density at radius 1 is 1.25 bits per heavy atom. The van der Waals surface area contributed by atoms with Crippen molar-refractivity contribution in [2.45, 2.75) is 32.3 Å². The highest BCUT2D eigenvalue weighted by molar-refractivity contribution is 5.76. The lowest BCUT2D eigenvalue weighted by Crippen LogP contribution is -2.41. The molecule has 1 aromatic carbocycles. The molecule has 0 aliphatic carbocycles. The predicted molar refractivity (Wildman–Crippen MR) is 66.1 cm³/mol. The van der Waals surface area contributed by atoms with Crippen LogP contribution in [0.4, 0.5) is 0 Å². The first-order valence-electron chi connectivity index (χ1n) is 5.89. The van der Waals surface area contributed by atoms with Gasteiger partial charge in [-0.2, -0.15) is 0 Å². The fourth-order valence-electron chi connectivity index (χ4n) is 1.31. The maximum absolute atomic E-state index is 11.4. The molecule has 0 bridgehead atoms. The molecule has 0 saturated heterocycles. The Balaban J connectivity index is 2.44. The molecule has 0 aromatic heterocycles. The number of aliphatic hydroxyl groups excluding tert-OH is 1. The summed E-state index contributed by atoms with van der Waals surface area (Å²) in [4.78, 5) is 15.9. The number of benzene rings is 1. The lowest BCUT2D eigenvalue weighted by atomic mass is 10.1. The Morgan fingerprint density at radius 2 is 1.75 bits per heavy atom. The molecule has 0 saturated carbocycles. The third kappa shape index (κ3) is 5.61. The number of esters is 1. The van der Waals surface area contributed by atoms with E-state index in [0.29, 0.717) is 5.56 Å². The SMILES string of the molecule is CC(O)C(N)C(=O)OCc1ccc(CON(O)O)cc1. The van der Waals surface area contributed by atoms with E-state index in [1.54, 1.807) is 24.3 Å². The van der Waals surface area contributed by atoms with E-state index in [-0.39, 0.29) is 18.6 Å². The molecule has 2 atom stereocenters. The van der Waals surface area contributed by atoms with E-state index in [9.17, 15) is 4.79 Å². The number of ether oxygens (including phenoxy) is 1. The minimum Gasteiger partial charge on any atom is -0.460 e. The van der Waals surface area contributed by atoms with Crippen molar-refractivity contribution in [1.82, 2.24) is 5.39 Å². The summed E-state index contributed by atoms with van der Waals surface area (Å²) < 4.78 is 4.95. The van der Waals surface area contributed by atoms with Gasteiger partial charge in [-0.05, 0) is 18.1 Å². The number of carbonyl (C=O) groups excluding carboxylic acids is 1. The average molecular weight is 286 g/mol. The van der Waals surface area contributed by atoms with Crippen molar-refractivity contribution < 1.29 is 29.9 Å². The van der Waals surface area contributed by atoms with Crippen molar-refractivity contribution in [2.75, 3.05) is 0 Å². The number of aliphatic hydroxyl groups is 1. The van der Waals surface area contributed by atoms with Crippen LogP contribution in [0.2, 0.25) is 0 Å². The quantitative estimate of drug-likeness (QED) is 0.406. The average Bonchev–Trinajstić information content (AvgIpc) is 2.42. The van der Waals surface area contributed by atoms with E-state index in [2.05, 4.69) is 4.84 Å². The first-order chi connectivity index (χ1) is 9.40. The highest BCUT2D eigenvalue weighted by Gasteiger charge is 2.20. The molecule has 8 nitrogen and oxygen atoms in total. The molecular formula is C12H18N2O6. The van der Waals surface area contributed by atoms with Gasteiger partial charge in [-0.3, -0.25) is 15.2 Å². The lowest BCUT2D eigenvalue weighted by Gasteiger charge is -2.13. The highest BCUT2D eigenvalue weighted by atomic mass is 17.1. The van der Waals surface area contributed by atoms with Gasteiger partial charge in [-0.15, -0.1) is 0 Å². The summed E-state index contributed by atoms with van der Waals surface area (Å²) in [5.41, 5.74) is 6.85. The van der Waals surface area contributed by atoms with Gasteiger partial charge in [0, 0.05) is 0 Å². The topological polar surface area (TPSA) is 125 Å². The van der Waals surface area contributed by atoms with Crippen molar-refractivity contribution in [1.29, 1.82) is 0 Å². The number of nitrogens with zero attached hydrogens (tertiary/aromatic N) is 1. The summed E-state index contributed by atoms with van der Waals surface area (Å²) in [6.07, 6.45) is -0.970. The van der Waals surface area contributed by atoms with Gasteiger partial charge in [0.2, 0.25) is 0 Å². The largest absolute Gasteiger partial charge is 0.460 e. The van der Waals surface area contributed by atoms with Gasteiger partial charge in [-0.1, -0.05) is 24.3 Å². The zero-order chi connectivity index (χ0) is 15.1. The number of rotatable bonds is 7. The maximum Gasteiger partial charge on any atom is 0.325 e. The predicted octanol–water partition coefficient (Wildman–Crippen LogP) is -0.0501. The van der Waals surface area contributed by atoms with Gasteiger partial charge in [0.1, 0.15) is 12.6 Å².